The lowest BCUT2D eigenvalue weighted by Crippen LogP contribution is -2.23. The topological polar surface area (TPSA) is 34.4 Å². The van der Waals surface area contributed by atoms with Crippen molar-refractivity contribution in [3.8, 4) is 5.75 Å². The van der Waals surface area contributed by atoms with Crippen LogP contribution in [-0.2, 0) is 6.42 Å². The second-order valence-corrected chi connectivity index (χ2v) is 4.63. The fourth-order valence-corrected chi connectivity index (χ4v) is 2.24. The Morgan fingerprint density at radius 2 is 1.95 bits per heavy atom. The van der Waals surface area contributed by atoms with Crippen LogP contribution in [0.15, 0.2) is 41.0 Å². The van der Waals surface area contributed by atoms with E-state index < -0.39 is 0 Å². The summed E-state index contributed by atoms with van der Waals surface area (Å²) in [6, 6.07) is 10.4. The van der Waals surface area contributed by atoms with Gasteiger partial charge < -0.3 is 14.5 Å². The molecule has 1 atom stereocenters. The van der Waals surface area contributed by atoms with Crippen LogP contribution >= 0.6 is 0 Å². The van der Waals surface area contributed by atoms with Gasteiger partial charge in [0, 0.05) is 0 Å². The molecule has 0 spiro atoms. The minimum atomic E-state index is 0.216. The summed E-state index contributed by atoms with van der Waals surface area (Å²) in [5.41, 5.74) is 2.46. The van der Waals surface area contributed by atoms with E-state index in [0.29, 0.717) is 0 Å². The van der Waals surface area contributed by atoms with E-state index in [0.717, 1.165) is 24.5 Å². The van der Waals surface area contributed by atoms with Crippen molar-refractivity contribution in [2.24, 2.45) is 0 Å². The van der Waals surface area contributed by atoms with Gasteiger partial charge in [0.1, 0.15) is 11.5 Å². The molecular weight excluding hydrogens is 238 g/mol. The largest absolute Gasteiger partial charge is 0.497 e. The van der Waals surface area contributed by atoms with Gasteiger partial charge in [-0.3, -0.25) is 0 Å². The van der Waals surface area contributed by atoms with Crippen molar-refractivity contribution in [1.82, 2.24) is 5.32 Å². The first-order chi connectivity index (χ1) is 9.24. The first kappa shape index (κ1) is 13.7. The molecule has 3 nitrogen and oxygen atoms in total. The third kappa shape index (κ3) is 3.38. The van der Waals surface area contributed by atoms with Gasteiger partial charge in [0.2, 0.25) is 0 Å². The number of hydrogen-bond donors (Lipinski definition) is 1. The zero-order chi connectivity index (χ0) is 13.7. The summed E-state index contributed by atoms with van der Waals surface area (Å²) < 4.78 is 10.8. The van der Waals surface area contributed by atoms with Crippen molar-refractivity contribution < 1.29 is 9.15 Å². The molecule has 1 heterocycles. The SMILES string of the molecule is CCNC(Cc1ccc(OC)cc1)c1occc1C. The van der Waals surface area contributed by atoms with Crippen molar-refractivity contribution in [2.75, 3.05) is 13.7 Å². The van der Waals surface area contributed by atoms with E-state index in [1.54, 1.807) is 13.4 Å². The van der Waals surface area contributed by atoms with E-state index in [2.05, 4.69) is 31.3 Å². The first-order valence-corrected chi connectivity index (χ1v) is 6.65. The molecule has 0 radical (unpaired) electrons. The van der Waals surface area contributed by atoms with Crippen LogP contribution in [0.5, 0.6) is 5.75 Å². The predicted octanol–water partition coefficient (Wildman–Crippen LogP) is 3.49. The molecule has 1 unspecified atom stereocenters. The maximum absolute atomic E-state index is 5.61. The van der Waals surface area contributed by atoms with Crippen molar-refractivity contribution in [3.63, 3.8) is 0 Å². The van der Waals surface area contributed by atoms with E-state index in [-0.39, 0.29) is 6.04 Å². The van der Waals surface area contributed by atoms with Gasteiger partial charge in [-0.2, -0.15) is 0 Å². The van der Waals surface area contributed by atoms with Crippen LogP contribution in [0.3, 0.4) is 0 Å². The Kier molecular flexibility index (Phi) is 4.63. The molecule has 3 heteroatoms. The number of methoxy groups -OCH3 is 1. The summed E-state index contributed by atoms with van der Waals surface area (Å²) >= 11 is 0. The van der Waals surface area contributed by atoms with Crippen LogP contribution in [0.25, 0.3) is 0 Å². The smallest absolute Gasteiger partial charge is 0.123 e. The van der Waals surface area contributed by atoms with Gasteiger partial charge in [-0.1, -0.05) is 19.1 Å². The van der Waals surface area contributed by atoms with Gasteiger partial charge in [-0.15, -0.1) is 0 Å². The van der Waals surface area contributed by atoms with Gasteiger partial charge in [0.25, 0.3) is 0 Å². The van der Waals surface area contributed by atoms with E-state index in [1.807, 2.05) is 18.2 Å². The first-order valence-electron chi connectivity index (χ1n) is 6.65. The van der Waals surface area contributed by atoms with E-state index in [1.165, 1.54) is 11.1 Å². The molecule has 0 aliphatic rings. The fourth-order valence-electron chi connectivity index (χ4n) is 2.24. The highest BCUT2D eigenvalue weighted by atomic mass is 16.5. The van der Waals surface area contributed by atoms with Gasteiger partial charge in [0.05, 0.1) is 19.4 Å². The predicted molar refractivity (Wildman–Crippen MR) is 76.6 cm³/mol. The molecule has 19 heavy (non-hydrogen) atoms. The van der Waals surface area contributed by atoms with Crippen molar-refractivity contribution >= 4 is 0 Å². The van der Waals surface area contributed by atoms with Crippen LogP contribution in [0, 0.1) is 6.92 Å². The third-order valence-corrected chi connectivity index (χ3v) is 3.27. The molecule has 1 aromatic carbocycles. The number of rotatable bonds is 6. The average molecular weight is 259 g/mol. The van der Waals surface area contributed by atoms with Crippen LogP contribution in [0.1, 0.15) is 29.9 Å². The van der Waals surface area contributed by atoms with Gasteiger partial charge in [-0.05, 0) is 49.2 Å². The van der Waals surface area contributed by atoms with Crippen LogP contribution in [0.2, 0.25) is 0 Å². The zero-order valence-electron chi connectivity index (χ0n) is 11.8. The molecule has 0 fully saturated rings. The molecule has 1 N–H and O–H groups in total. The lowest BCUT2D eigenvalue weighted by atomic mass is 10.0. The number of nitrogens with one attached hydrogen (secondary N) is 1. The molecule has 0 bridgehead atoms. The quantitative estimate of drug-likeness (QED) is 0.862. The molecule has 0 aliphatic carbocycles. The summed E-state index contributed by atoms with van der Waals surface area (Å²) in [6.45, 7) is 5.11. The van der Waals surface area contributed by atoms with Gasteiger partial charge in [0.15, 0.2) is 0 Å². The second kappa shape index (κ2) is 6.43. The highest BCUT2D eigenvalue weighted by Crippen LogP contribution is 2.23. The van der Waals surface area contributed by atoms with E-state index >= 15 is 0 Å². The maximum atomic E-state index is 5.61. The second-order valence-electron chi connectivity index (χ2n) is 4.63. The summed E-state index contributed by atoms with van der Waals surface area (Å²) in [7, 11) is 1.68. The molecular formula is C16H21NO2. The molecule has 0 saturated carbocycles. The summed E-state index contributed by atoms with van der Waals surface area (Å²) in [5, 5.41) is 3.48. The van der Waals surface area contributed by atoms with Crippen molar-refractivity contribution in [2.45, 2.75) is 26.3 Å². The normalized spacial score (nSPS) is 12.4. The van der Waals surface area contributed by atoms with Crippen molar-refractivity contribution in [1.29, 1.82) is 0 Å². The van der Waals surface area contributed by atoms with Crippen LogP contribution in [0.4, 0.5) is 0 Å². The Bertz CT molecular complexity index is 502. The van der Waals surface area contributed by atoms with Gasteiger partial charge >= 0.3 is 0 Å². The number of furan rings is 1. The molecule has 102 valence electrons. The molecule has 1 aromatic heterocycles. The summed E-state index contributed by atoms with van der Waals surface area (Å²) in [6.07, 6.45) is 2.66. The Morgan fingerprint density at radius 1 is 1.21 bits per heavy atom. The fraction of sp³-hybridized carbons (Fsp3) is 0.375. The number of benzene rings is 1. The van der Waals surface area contributed by atoms with Crippen molar-refractivity contribution in [3.05, 3.63) is 53.5 Å². The maximum Gasteiger partial charge on any atom is 0.123 e. The Labute approximate surface area is 114 Å². The average Bonchev–Trinajstić information content (AvgIpc) is 2.85. The van der Waals surface area contributed by atoms with E-state index in [4.69, 9.17) is 9.15 Å². The number of ether oxygens (including phenoxy) is 1. The Hall–Kier alpha value is -1.74. The third-order valence-electron chi connectivity index (χ3n) is 3.27. The lowest BCUT2D eigenvalue weighted by molar-refractivity contribution is 0.410. The number of hydrogen-bond acceptors (Lipinski definition) is 3. The Morgan fingerprint density at radius 3 is 2.47 bits per heavy atom. The minimum Gasteiger partial charge on any atom is -0.497 e. The zero-order valence-corrected chi connectivity index (χ0v) is 11.8. The number of likely N-dealkylation sites (N-methyl/N-ethyl adjacent to an activating group) is 1. The molecule has 0 saturated heterocycles. The van der Waals surface area contributed by atoms with E-state index in [9.17, 15) is 0 Å². The highest BCUT2D eigenvalue weighted by Gasteiger charge is 2.16. The lowest BCUT2D eigenvalue weighted by Gasteiger charge is -2.17. The molecule has 2 aromatic rings. The van der Waals surface area contributed by atoms with Crippen LogP contribution < -0.4 is 10.1 Å². The minimum absolute atomic E-state index is 0.216. The summed E-state index contributed by atoms with van der Waals surface area (Å²) in [4.78, 5) is 0. The monoisotopic (exact) mass is 259 g/mol. The molecule has 0 amide bonds. The van der Waals surface area contributed by atoms with Gasteiger partial charge in [-0.25, -0.2) is 0 Å². The summed E-state index contributed by atoms with van der Waals surface area (Å²) in [5.74, 6) is 1.91. The number of aryl methyl sites for hydroxylation is 1. The molecule has 2 rings (SSSR count). The van der Waals surface area contributed by atoms with Crippen LogP contribution in [-0.4, -0.2) is 13.7 Å². The molecule has 0 aliphatic heterocycles. The Balaban J connectivity index is 2.14. The standard InChI is InChI=1S/C16H21NO2/c1-4-17-15(16-12(2)9-10-19-16)11-13-5-7-14(18-3)8-6-13/h5-10,15,17H,4,11H2,1-3H3. The highest BCUT2D eigenvalue weighted by molar-refractivity contribution is 5.29.